The molecule has 0 spiro atoms. The van der Waals surface area contributed by atoms with Crippen molar-refractivity contribution in [3.63, 3.8) is 0 Å². The van der Waals surface area contributed by atoms with Gasteiger partial charge in [-0.3, -0.25) is 4.79 Å². The topological polar surface area (TPSA) is 115 Å². The molecule has 8 nitrogen and oxygen atoms in total. The molecule has 0 radical (unpaired) electrons. The van der Waals surface area contributed by atoms with Crippen molar-refractivity contribution in [2.75, 3.05) is 6.61 Å². The van der Waals surface area contributed by atoms with E-state index in [1.54, 1.807) is 31.2 Å². The first kappa shape index (κ1) is 18.9. The second kappa shape index (κ2) is 7.54. The molecule has 1 aliphatic carbocycles. The van der Waals surface area contributed by atoms with Crippen LogP contribution in [0.5, 0.6) is 5.75 Å². The summed E-state index contributed by atoms with van der Waals surface area (Å²) in [6.45, 7) is 3.27. The minimum absolute atomic E-state index is 0.218. The highest BCUT2D eigenvalue weighted by molar-refractivity contribution is 6.06. The van der Waals surface area contributed by atoms with Crippen molar-refractivity contribution in [3.05, 3.63) is 52.8 Å². The third-order valence-corrected chi connectivity index (χ3v) is 4.97. The Balaban J connectivity index is 1.53. The lowest BCUT2D eigenvalue weighted by atomic mass is 10.0. The largest absolute Gasteiger partial charge is 0.482 e. The normalized spacial score (nSPS) is 14.6. The summed E-state index contributed by atoms with van der Waals surface area (Å²) in [4.78, 5) is 28.1. The van der Waals surface area contributed by atoms with Gasteiger partial charge in [-0.05, 0) is 50.5 Å². The zero-order chi connectivity index (χ0) is 20.5. The van der Waals surface area contributed by atoms with E-state index >= 15 is 0 Å². The summed E-state index contributed by atoms with van der Waals surface area (Å²) in [5.41, 5.74) is 3.28. The third-order valence-electron chi connectivity index (χ3n) is 4.97. The first-order chi connectivity index (χ1) is 13.9. The molecule has 8 heteroatoms. The van der Waals surface area contributed by atoms with Crippen molar-refractivity contribution in [3.8, 4) is 5.75 Å². The molecule has 1 atom stereocenters. The number of rotatable bonds is 7. The molecule has 0 saturated heterocycles. The number of nitrogens with zero attached hydrogens (tertiary/aromatic N) is 2. The summed E-state index contributed by atoms with van der Waals surface area (Å²) in [7, 11) is 0. The number of amides is 1. The number of nitrogens with one attached hydrogen (secondary N) is 1. The van der Waals surface area contributed by atoms with Crippen LogP contribution in [0, 0.1) is 6.92 Å². The fourth-order valence-electron chi connectivity index (χ4n) is 3.24. The average molecular weight is 395 g/mol. The molecule has 1 amide bonds. The van der Waals surface area contributed by atoms with Crippen LogP contribution in [0.2, 0.25) is 0 Å². The van der Waals surface area contributed by atoms with Crippen LogP contribution in [0.15, 0.2) is 34.9 Å². The number of aliphatic carboxylic acids is 1. The molecule has 29 heavy (non-hydrogen) atoms. The lowest BCUT2D eigenvalue weighted by Crippen LogP contribution is -2.27. The van der Waals surface area contributed by atoms with E-state index in [-0.39, 0.29) is 11.9 Å². The first-order valence-electron chi connectivity index (χ1n) is 9.44. The van der Waals surface area contributed by atoms with Gasteiger partial charge in [-0.2, -0.15) is 0 Å². The van der Waals surface area contributed by atoms with Crippen LogP contribution in [0.3, 0.4) is 0 Å². The van der Waals surface area contributed by atoms with Gasteiger partial charge in [0.15, 0.2) is 6.61 Å². The zero-order valence-electron chi connectivity index (χ0n) is 16.1. The Morgan fingerprint density at radius 3 is 2.69 bits per heavy atom. The van der Waals surface area contributed by atoms with Crippen molar-refractivity contribution in [1.82, 2.24) is 15.5 Å². The minimum atomic E-state index is -1.03. The molecule has 0 aliphatic heterocycles. The summed E-state index contributed by atoms with van der Waals surface area (Å²) >= 11 is 0. The highest BCUT2D eigenvalue weighted by Crippen LogP contribution is 2.40. The number of aryl methyl sites for hydroxylation is 1. The minimum Gasteiger partial charge on any atom is -0.482 e. The number of carboxylic acids is 1. The second-order valence-corrected chi connectivity index (χ2v) is 7.26. The summed E-state index contributed by atoms with van der Waals surface area (Å²) in [5, 5.41) is 16.3. The van der Waals surface area contributed by atoms with Gasteiger partial charge < -0.3 is 19.7 Å². The highest BCUT2D eigenvalue weighted by atomic mass is 16.5. The molecular formula is C21H21N3O5. The van der Waals surface area contributed by atoms with E-state index in [4.69, 9.17) is 14.4 Å². The number of hydrogen-bond donors (Lipinski definition) is 2. The molecule has 0 bridgehead atoms. The van der Waals surface area contributed by atoms with Crippen molar-refractivity contribution in [1.29, 1.82) is 0 Å². The Hall–Kier alpha value is -3.42. The van der Waals surface area contributed by atoms with Gasteiger partial charge in [0.25, 0.3) is 11.6 Å². The molecule has 1 aromatic carbocycles. The predicted molar refractivity (Wildman–Crippen MR) is 104 cm³/mol. The van der Waals surface area contributed by atoms with Gasteiger partial charge in [-0.1, -0.05) is 17.3 Å². The van der Waals surface area contributed by atoms with E-state index < -0.39 is 12.6 Å². The van der Waals surface area contributed by atoms with E-state index in [0.29, 0.717) is 34.0 Å². The quantitative estimate of drug-likeness (QED) is 0.630. The maximum Gasteiger partial charge on any atom is 0.341 e. The van der Waals surface area contributed by atoms with Crippen LogP contribution in [-0.2, 0) is 4.79 Å². The molecule has 1 fully saturated rings. The number of carbonyl (C=O) groups is 2. The molecule has 1 saturated carbocycles. The molecule has 2 heterocycles. The molecule has 4 rings (SSSR count). The predicted octanol–water partition coefficient (Wildman–Crippen LogP) is 3.36. The van der Waals surface area contributed by atoms with E-state index in [0.717, 1.165) is 24.1 Å². The Morgan fingerprint density at radius 2 is 2.03 bits per heavy atom. The molecule has 1 aliphatic rings. The van der Waals surface area contributed by atoms with E-state index in [9.17, 15) is 9.59 Å². The monoisotopic (exact) mass is 395 g/mol. The van der Waals surface area contributed by atoms with Crippen LogP contribution in [0.1, 0.15) is 59.0 Å². The fraction of sp³-hybridized carbons (Fsp3) is 0.333. The second-order valence-electron chi connectivity index (χ2n) is 7.26. The summed E-state index contributed by atoms with van der Waals surface area (Å²) in [6.07, 6.45) is 2.14. The fourth-order valence-corrected chi connectivity index (χ4v) is 3.24. The number of pyridine rings is 1. The standard InChI is InChI=1S/C21H21N3O5/c1-11(13-5-7-15(8-6-13)28-10-18(25)26)22-20(27)16-9-17(14-3-4-14)23-21-19(16)12(2)24-29-21/h5-9,11,14H,3-4,10H2,1-2H3,(H,22,27)(H,25,26). The van der Waals surface area contributed by atoms with Crippen molar-refractivity contribution >= 4 is 23.0 Å². The van der Waals surface area contributed by atoms with Gasteiger partial charge in [0.05, 0.1) is 22.7 Å². The molecule has 2 N–H and O–H groups in total. The van der Waals surface area contributed by atoms with E-state index in [1.165, 1.54) is 0 Å². The number of carbonyl (C=O) groups excluding carboxylic acids is 1. The van der Waals surface area contributed by atoms with Crippen molar-refractivity contribution < 1.29 is 24.0 Å². The van der Waals surface area contributed by atoms with Crippen molar-refractivity contribution in [2.45, 2.75) is 38.6 Å². The van der Waals surface area contributed by atoms with Gasteiger partial charge in [0.1, 0.15) is 5.75 Å². The van der Waals surface area contributed by atoms with Gasteiger partial charge in [-0.25, -0.2) is 9.78 Å². The first-order valence-corrected chi connectivity index (χ1v) is 9.44. The van der Waals surface area contributed by atoms with Gasteiger partial charge >= 0.3 is 5.97 Å². The SMILES string of the molecule is Cc1noc2nc(C3CC3)cc(C(=O)NC(C)c3ccc(OCC(=O)O)cc3)c12. The third kappa shape index (κ3) is 4.06. The van der Waals surface area contributed by atoms with E-state index in [1.807, 2.05) is 13.0 Å². The lowest BCUT2D eigenvalue weighted by Gasteiger charge is -2.16. The number of aromatic nitrogens is 2. The maximum atomic E-state index is 13.0. The molecule has 2 aromatic heterocycles. The van der Waals surface area contributed by atoms with Crippen LogP contribution in [0.25, 0.3) is 11.1 Å². The zero-order valence-corrected chi connectivity index (χ0v) is 16.1. The van der Waals surface area contributed by atoms with Gasteiger partial charge in [0, 0.05) is 11.6 Å². The molecule has 150 valence electrons. The number of carboxylic acid groups (broad SMARTS) is 1. The Labute approximate surface area is 166 Å². The smallest absolute Gasteiger partial charge is 0.341 e. The Kier molecular flexibility index (Phi) is 4.92. The summed E-state index contributed by atoms with van der Waals surface area (Å²) in [5.74, 6) is -0.413. The van der Waals surface area contributed by atoms with Gasteiger partial charge in [-0.15, -0.1) is 0 Å². The van der Waals surface area contributed by atoms with E-state index in [2.05, 4.69) is 15.5 Å². The van der Waals surface area contributed by atoms with Crippen LogP contribution >= 0.6 is 0 Å². The molecule has 1 unspecified atom stereocenters. The van der Waals surface area contributed by atoms with Crippen molar-refractivity contribution in [2.24, 2.45) is 0 Å². The highest BCUT2D eigenvalue weighted by Gasteiger charge is 2.29. The maximum absolute atomic E-state index is 13.0. The number of fused-ring (bicyclic) bond motifs is 1. The number of hydrogen-bond acceptors (Lipinski definition) is 6. The molecule has 3 aromatic rings. The lowest BCUT2D eigenvalue weighted by molar-refractivity contribution is -0.139. The number of benzene rings is 1. The summed E-state index contributed by atoms with van der Waals surface area (Å²) < 4.78 is 10.4. The Bertz CT molecular complexity index is 1070. The molecular weight excluding hydrogens is 374 g/mol. The Morgan fingerprint density at radius 1 is 1.31 bits per heavy atom. The van der Waals surface area contributed by atoms with Crippen LogP contribution < -0.4 is 10.1 Å². The van der Waals surface area contributed by atoms with Crippen LogP contribution in [0.4, 0.5) is 0 Å². The van der Waals surface area contributed by atoms with Crippen LogP contribution in [-0.4, -0.2) is 33.7 Å². The number of ether oxygens (including phenoxy) is 1. The summed E-state index contributed by atoms with van der Waals surface area (Å²) in [6, 6.07) is 8.54. The van der Waals surface area contributed by atoms with Gasteiger partial charge in [0.2, 0.25) is 0 Å². The average Bonchev–Trinajstić information content (AvgIpc) is 3.49.